The van der Waals surface area contributed by atoms with Crippen LogP contribution >= 0.6 is 11.3 Å². The van der Waals surface area contributed by atoms with Crippen molar-refractivity contribution in [2.24, 2.45) is 0 Å². The molecule has 0 spiro atoms. The smallest absolute Gasteiger partial charge is 0.226 e. The van der Waals surface area contributed by atoms with E-state index >= 15 is 0 Å². The van der Waals surface area contributed by atoms with Gasteiger partial charge in [-0.05, 0) is 11.6 Å². The molecule has 3 rings (SSSR count). The predicted molar refractivity (Wildman–Crippen MR) is 68.0 cm³/mol. The number of benzene rings is 1. The van der Waals surface area contributed by atoms with Crippen LogP contribution in [0.2, 0.25) is 0 Å². The van der Waals surface area contributed by atoms with Crippen LogP contribution in [0.5, 0.6) is 0 Å². The Hall–Kier alpha value is -2.02. The Bertz CT molecular complexity index is 671. The number of hydrogen-bond acceptors (Lipinski definition) is 4. The molecule has 0 saturated heterocycles. The van der Waals surface area contributed by atoms with E-state index in [1.54, 1.807) is 0 Å². The first-order chi connectivity index (χ1) is 9.06. The molecule has 19 heavy (non-hydrogen) atoms. The summed E-state index contributed by atoms with van der Waals surface area (Å²) in [7, 11) is 0. The molecule has 4 nitrogen and oxygen atoms in total. The molecule has 0 aliphatic carbocycles. The molecule has 0 fully saturated rings. The number of nitrogens with two attached hydrogens (primary N) is 1. The summed E-state index contributed by atoms with van der Waals surface area (Å²) in [6.07, 6.45) is 0.0506. The van der Waals surface area contributed by atoms with Crippen LogP contribution in [-0.2, 0) is 4.79 Å². The van der Waals surface area contributed by atoms with Crippen molar-refractivity contribution in [1.29, 1.82) is 0 Å². The van der Waals surface area contributed by atoms with E-state index < -0.39 is 17.6 Å². The normalized spacial score (nSPS) is 18.0. The number of fused-ring (bicyclic) bond motifs is 1. The molecule has 7 heteroatoms. The van der Waals surface area contributed by atoms with E-state index in [1.807, 2.05) is 0 Å². The van der Waals surface area contributed by atoms with Crippen LogP contribution in [-0.4, -0.2) is 10.9 Å². The summed E-state index contributed by atoms with van der Waals surface area (Å²) < 4.78 is 27.2. The first-order valence-electron chi connectivity index (χ1n) is 5.56. The van der Waals surface area contributed by atoms with Gasteiger partial charge in [0.2, 0.25) is 5.91 Å². The number of nitrogen functional groups attached to an aromatic ring is 1. The number of hydrogen-bond donors (Lipinski definition) is 2. The van der Waals surface area contributed by atoms with E-state index in [4.69, 9.17) is 5.73 Å². The first-order valence-corrected chi connectivity index (χ1v) is 6.38. The predicted octanol–water partition coefficient (Wildman–Crippen LogP) is 2.48. The molecule has 0 radical (unpaired) electrons. The number of carbonyl (C=O) groups excluding carboxylic acids is 1. The lowest BCUT2D eigenvalue weighted by molar-refractivity contribution is -0.116. The average molecular weight is 281 g/mol. The highest BCUT2D eigenvalue weighted by Gasteiger charge is 2.32. The highest BCUT2D eigenvalue weighted by molar-refractivity contribution is 7.16. The van der Waals surface area contributed by atoms with E-state index in [0.29, 0.717) is 10.7 Å². The van der Waals surface area contributed by atoms with Crippen LogP contribution < -0.4 is 11.1 Å². The van der Waals surface area contributed by atoms with Crippen molar-refractivity contribution in [3.63, 3.8) is 0 Å². The molecule has 1 aromatic carbocycles. The van der Waals surface area contributed by atoms with Crippen LogP contribution in [0.15, 0.2) is 18.2 Å². The van der Waals surface area contributed by atoms with E-state index in [9.17, 15) is 13.6 Å². The lowest BCUT2D eigenvalue weighted by atomic mass is 9.91. The van der Waals surface area contributed by atoms with Gasteiger partial charge in [-0.2, -0.15) is 0 Å². The van der Waals surface area contributed by atoms with E-state index in [-0.39, 0.29) is 23.0 Å². The Morgan fingerprint density at radius 3 is 3.00 bits per heavy atom. The Kier molecular flexibility index (Phi) is 2.70. The summed E-state index contributed by atoms with van der Waals surface area (Å²) in [6, 6.07) is 3.94. The number of nitrogens with one attached hydrogen (secondary N) is 1. The Morgan fingerprint density at radius 2 is 2.21 bits per heavy atom. The number of aromatic nitrogens is 1. The second-order valence-electron chi connectivity index (χ2n) is 4.21. The quantitative estimate of drug-likeness (QED) is 0.843. The summed E-state index contributed by atoms with van der Waals surface area (Å²) in [6.45, 7) is 0. The fourth-order valence-corrected chi connectivity index (χ4v) is 3.08. The van der Waals surface area contributed by atoms with Gasteiger partial charge in [-0.1, -0.05) is 23.5 Å². The third kappa shape index (κ3) is 1.95. The highest BCUT2D eigenvalue weighted by Crippen LogP contribution is 2.42. The van der Waals surface area contributed by atoms with Crippen LogP contribution in [0.4, 0.5) is 19.7 Å². The molecular weight excluding hydrogens is 272 g/mol. The number of halogens is 2. The monoisotopic (exact) mass is 281 g/mol. The van der Waals surface area contributed by atoms with Crippen LogP contribution in [0.3, 0.4) is 0 Å². The van der Waals surface area contributed by atoms with Gasteiger partial charge in [0.15, 0.2) is 16.8 Å². The molecular formula is C12H9F2N3OS. The van der Waals surface area contributed by atoms with Gasteiger partial charge in [-0.15, -0.1) is 0 Å². The minimum atomic E-state index is -0.930. The number of thiazole rings is 1. The van der Waals surface area contributed by atoms with E-state index in [2.05, 4.69) is 10.3 Å². The number of amides is 1. The first kappa shape index (κ1) is 12.0. The van der Waals surface area contributed by atoms with Crippen LogP contribution in [0.25, 0.3) is 0 Å². The molecule has 1 aromatic heterocycles. The lowest BCUT2D eigenvalue weighted by Gasteiger charge is -2.22. The van der Waals surface area contributed by atoms with Crippen molar-refractivity contribution in [3.05, 3.63) is 40.3 Å². The van der Waals surface area contributed by atoms with Gasteiger partial charge < -0.3 is 11.1 Å². The molecule has 1 atom stereocenters. The SMILES string of the molecule is Nc1nc2c(s1)C(c1cccc(F)c1F)CC(=O)N2. The lowest BCUT2D eigenvalue weighted by Crippen LogP contribution is -2.23. The standard InChI is InChI=1S/C12H9F2N3OS/c13-7-3-1-2-5(9(7)14)6-4-8(18)16-11-10(6)19-12(15)17-11/h1-3,6H,4H2,(H2,15,17)(H,16,18). The largest absolute Gasteiger partial charge is 0.375 e. The van der Waals surface area contributed by atoms with Gasteiger partial charge in [0.05, 0.1) is 4.88 Å². The van der Waals surface area contributed by atoms with Gasteiger partial charge in [-0.3, -0.25) is 4.79 Å². The third-order valence-electron chi connectivity index (χ3n) is 2.99. The van der Waals surface area contributed by atoms with Crippen LogP contribution in [0, 0.1) is 11.6 Å². The number of carbonyl (C=O) groups is 1. The van der Waals surface area contributed by atoms with Crippen molar-refractivity contribution in [1.82, 2.24) is 4.98 Å². The molecule has 2 aromatic rings. The summed E-state index contributed by atoms with van der Waals surface area (Å²) in [4.78, 5) is 16.2. The van der Waals surface area contributed by atoms with Crippen molar-refractivity contribution >= 4 is 28.2 Å². The van der Waals surface area contributed by atoms with Gasteiger partial charge in [0.25, 0.3) is 0 Å². The zero-order chi connectivity index (χ0) is 13.6. The molecule has 1 aliphatic rings. The van der Waals surface area contributed by atoms with Gasteiger partial charge in [-0.25, -0.2) is 13.8 Å². The molecule has 0 bridgehead atoms. The molecule has 2 heterocycles. The molecule has 1 unspecified atom stereocenters. The topological polar surface area (TPSA) is 68.0 Å². The minimum Gasteiger partial charge on any atom is -0.375 e. The highest BCUT2D eigenvalue weighted by atomic mass is 32.1. The van der Waals surface area contributed by atoms with Crippen molar-refractivity contribution in [2.45, 2.75) is 12.3 Å². The number of rotatable bonds is 1. The molecule has 0 saturated carbocycles. The molecule has 1 aliphatic heterocycles. The maximum absolute atomic E-state index is 13.9. The van der Waals surface area contributed by atoms with Gasteiger partial charge in [0.1, 0.15) is 5.82 Å². The zero-order valence-electron chi connectivity index (χ0n) is 9.61. The summed E-state index contributed by atoms with van der Waals surface area (Å²) in [5, 5.41) is 2.86. The third-order valence-corrected chi connectivity index (χ3v) is 3.99. The van der Waals surface area contributed by atoms with Crippen molar-refractivity contribution in [3.8, 4) is 0 Å². The van der Waals surface area contributed by atoms with Crippen molar-refractivity contribution in [2.75, 3.05) is 11.1 Å². The fraction of sp³-hybridized carbons (Fsp3) is 0.167. The Labute approximate surface area is 111 Å². The zero-order valence-corrected chi connectivity index (χ0v) is 10.4. The van der Waals surface area contributed by atoms with E-state index in [1.165, 1.54) is 23.5 Å². The van der Waals surface area contributed by atoms with E-state index in [0.717, 1.165) is 6.07 Å². The maximum atomic E-state index is 13.9. The summed E-state index contributed by atoms with van der Waals surface area (Å²) >= 11 is 1.17. The Balaban J connectivity index is 2.15. The molecule has 98 valence electrons. The minimum absolute atomic E-state index is 0.0506. The summed E-state index contributed by atoms with van der Waals surface area (Å²) in [5.41, 5.74) is 5.75. The van der Waals surface area contributed by atoms with Crippen molar-refractivity contribution < 1.29 is 13.6 Å². The number of anilines is 2. The van der Waals surface area contributed by atoms with Gasteiger partial charge >= 0.3 is 0 Å². The second-order valence-corrected chi connectivity index (χ2v) is 5.28. The number of nitrogens with zero attached hydrogens (tertiary/aromatic N) is 1. The maximum Gasteiger partial charge on any atom is 0.226 e. The fourth-order valence-electron chi connectivity index (χ4n) is 2.18. The molecule has 1 amide bonds. The Morgan fingerprint density at radius 1 is 1.42 bits per heavy atom. The second kappa shape index (κ2) is 4.27. The molecule has 3 N–H and O–H groups in total. The van der Waals surface area contributed by atoms with Crippen LogP contribution in [0.1, 0.15) is 22.8 Å². The van der Waals surface area contributed by atoms with Gasteiger partial charge in [0, 0.05) is 12.3 Å². The summed E-state index contributed by atoms with van der Waals surface area (Å²) in [5.74, 6) is -2.35. The average Bonchev–Trinajstić information content (AvgIpc) is 2.72.